The molecule has 1 aromatic rings. The zero-order chi connectivity index (χ0) is 28.7. The van der Waals surface area contributed by atoms with Crippen molar-refractivity contribution in [3.63, 3.8) is 0 Å². The maximum Gasteiger partial charge on any atom is 0.398 e. The van der Waals surface area contributed by atoms with Crippen molar-refractivity contribution < 1.29 is 13.6 Å². The Morgan fingerprint density at radius 2 is 1.42 bits per heavy atom. The van der Waals surface area contributed by atoms with Crippen molar-refractivity contribution in [3.8, 4) is 5.75 Å². The summed E-state index contributed by atoms with van der Waals surface area (Å²) in [6.07, 6.45) is 12.1. The predicted molar refractivity (Wildman–Crippen MR) is 171 cm³/mol. The van der Waals surface area contributed by atoms with Gasteiger partial charge in [-0.15, -0.1) is 0 Å². The molecule has 0 N–H and O–H groups in total. The van der Waals surface area contributed by atoms with E-state index in [1.165, 1.54) is 48.6 Å². The van der Waals surface area contributed by atoms with Gasteiger partial charge in [0.25, 0.3) is 0 Å². The first kappa shape index (κ1) is 35.2. The van der Waals surface area contributed by atoms with Crippen LogP contribution >= 0.6 is 11.8 Å². The first-order valence-electron chi connectivity index (χ1n) is 15.5. The molecule has 0 heterocycles. The summed E-state index contributed by atoms with van der Waals surface area (Å²) in [4.78, 5) is 12.5. The molecule has 1 unspecified atom stereocenters. The Balaban J connectivity index is 3.06. The molecule has 0 radical (unpaired) electrons. The van der Waals surface area contributed by atoms with Crippen LogP contribution in [0.25, 0.3) is 0 Å². The van der Waals surface area contributed by atoms with E-state index < -0.39 is 8.56 Å². The van der Waals surface area contributed by atoms with Crippen LogP contribution in [-0.4, -0.2) is 26.0 Å². The molecule has 0 fully saturated rings. The summed E-state index contributed by atoms with van der Waals surface area (Å²) >= 11 is 1.52. The molecule has 0 spiro atoms. The van der Waals surface area contributed by atoms with Gasteiger partial charge in [-0.2, -0.15) is 0 Å². The summed E-state index contributed by atoms with van der Waals surface area (Å²) in [6, 6.07) is 8.75. The average Bonchev–Trinajstić information content (AvgIpc) is 2.84. The summed E-state index contributed by atoms with van der Waals surface area (Å²) in [7, 11) is -2.51. The van der Waals surface area contributed by atoms with E-state index in [1.807, 2.05) is 0 Å². The van der Waals surface area contributed by atoms with Crippen molar-refractivity contribution in [3.05, 3.63) is 29.3 Å². The van der Waals surface area contributed by atoms with Crippen molar-refractivity contribution in [2.45, 2.75) is 156 Å². The Morgan fingerprint density at radius 3 is 2.03 bits per heavy atom. The highest BCUT2D eigenvalue weighted by Crippen LogP contribution is 2.38. The van der Waals surface area contributed by atoms with E-state index in [2.05, 4.69) is 80.5 Å². The van der Waals surface area contributed by atoms with E-state index in [0.717, 1.165) is 68.7 Å². The van der Waals surface area contributed by atoms with Crippen LogP contribution < -0.4 is 4.43 Å². The molecule has 3 nitrogen and oxygen atoms in total. The highest BCUT2D eigenvalue weighted by Gasteiger charge is 2.40. The van der Waals surface area contributed by atoms with Gasteiger partial charge in [-0.1, -0.05) is 131 Å². The summed E-state index contributed by atoms with van der Waals surface area (Å²) in [5, 5.41) is 0.350. The molecule has 0 amide bonds. The zero-order valence-electron chi connectivity index (χ0n) is 26.5. The number of benzene rings is 1. The van der Waals surface area contributed by atoms with E-state index in [0.29, 0.717) is 11.5 Å². The van der Waals surface area contributed by atoms with Crippen molar-refractivity contribution in [2.24, 2.45) is 0 Å². The number of unbranched alkanes of at least 4 members (excludes halogenated alkanes) is 6. The Hall–Kier alpha value is -0.783. The Bertz CT molecular complexity index is 796. The van der Waals surface area contributed by atoms with E-state index in [1.54, 1.807) is 0 Å². The fourth-order valence-electron chi connectivity index (χ4n) is 4.59. The molecule has 0 aliphatic rings. The van der Waals surface area contributed by atoms with Gasteiger partial charge in [0.2, 0.25) is 0 Å². The van der Waals surface area contributed by atoms with E-state index in [9.17, 15) is 4.79 Å². The predicted octanol–water partition coefficient (Wildman–Crippen LogP) is 10.7. The average molecular weight is 565 g/mol. The van der Waals surface area contributed by atoms with Crippen LogP contribution in [0.1, 0.15) is 144 Å². The minimum absolute atomic E-state index is 0.0235. The van der Waals surface area contributed by atoms with Gasteiger partial charge < -0.3 is 8.85 Å². The third-order valence-electron chi connectivity index (χ3n) is 7.17. The molecule has 1 rings (SSSR count). The molecule has 0 aromatic heterocycles. The van der Waals surface area contributed by atoms with Gasteiger partial charge in [-0.3, -0.25) is 4.79 Å². The van der Waals surface area contributed by atoms with Gasteiger partial charge in [0, 0.05) is 30.9 Å². The van der Waals surface area contributed by atoms with Gasteiger partial charge in [0.1, 0.15) is 5.75 Å². The van der Waals surface area contributed by atoms with Crippen molar-refractivity contribution in [2.75, 3.05) is 12.4 Å². The van der Waals surface area contributed by atoms with Gasteiger partial charge >= 0.3 is 8.56 Å². The normalized spacial score (nSPS) is 13.9. The fourth-order valence-corrected chi connectivity index (χ4v) is 9.16. The highest BCUT2D eigenvalue weighted by atomic mass is 32.2. The van der Waals surface area contributed by atoms with Crippen LogP contribution in [0.4, 0.5) is 0 Å². The maximum absolute atomic E-state index is 12.5. The summed E-state index contributed by atoms with van der Waals surface area (Å²) < 4.78 is 13.9. The summed E-state index contributed by atoms with van der Waals surface area (Å²) in [5.41, 5.74) is 2.67. The molecule has 0 aliphatic heterocycles. The van der Waals surface area contributed by atoms with E-state index >= 15 is 0 Å². The number of hydrogen-bond donors (Lipinski definition) is 0. The summed E-state index contributed by atoms with van der Waals surface area (Å²) in [5.74, 6) is 1.87. The van der Waals surface area contributed by atoms with Crippen LogP contribution in [0.3, 0.4) is 0 Å². The highest BCUT2D eigenvalue weighted by molar-refractivity contribution is 8.13. The van der Waals surface area contributed by atoms with Gasteiger partial charge in [0.15, 0.2) is 5.12 Å². The summed E-state index contributed by atoms with van der Waals surface area (Å²) in [6.45, 7) is 21.1. The minimum atomic E-state index is -2.51. The molecule has 0 bridgehead atoms. The molecule has 38 heavy (non-hydrogen) atoms. The molecule has 0 aliphatic carbocycles. The quantitative estimate of drug-likeness (QED) is 0.124. The lowest BCUT2D eigenvalue weighted by molar-refractivity contribution is -0.111. The number of hydrogen-bond acceptors (Lipinski definition) is 4. The van der Waals surface area contributed by atoms with Crippen LogP contribution in [-0.2, 0) is 20.1 Å². The van der Waals surface area contributed by atoms with Crippen molar-refractivity contribution >= 4 is 25.4 Å². The monoisotopic (exact) mass is 564 g/mol. The van der Waals surface area contributed by atoms with Crippen LogP contribution in [0.2, 0.25) is 12.1 Å². The van der Waals surface area contributed by atoms with Crippen molar-refractivity contribution in [1.29, 1.82) is 0 Å². The molecule has 0 saturated heterocycles. The number of carbonyl (C=O) groups excluding carboxylic acids is 1. The number of thioether (sulfide) groups is 1. The van der Waals surface area contributed by atoms with Crippen LogP contribution in [0.5, 0.6) is 5.75 Å². The molecule has 1 aromatic carbocycles. The number of rotatable bonds is 19. The molecule has 1 atom stereocenters. The third kappa shape index (κ3) is 13.5. The first-order valence-corrected chi connectivity index (χ1v) is 18.7. The zero-order valence-corrected chi connectivity index (χ0v) is 28.3. The standard InChI is InChI=1S/C33H60O3SSi/c1-10-13-16-17-18-20-31(34)37-24-19-26-38(25-15-12-3,35-23-14-11-2)36-30-22-21-28(32(4,5)6)27-29(30)33(7,8)9/h21-22,27H,10-20,23-26H2,1-9H3. The number of carbonyl (C=O) groups is 1. The largest absolute Gasteiger partial charge is 0.520 e. The van der Waals surface area contributed by atoms with E-state index in [4.69, 9.17) is 8.85 Å². The molecular weight excluding hydrogens is 505 g/mol. The minimum Gasteiger partial charge on any atom is -0.520 e. The Morgan fingerprint density at radius 1 is 0.789 bits per heavy atom. The van der Waals surface area contributed by atoms with Crippen LogP contribution in [0, 0.1) is 0 Å². The third-order valence-corrected chi connectivity index (χ3v) is 11.7. The Labute approximate surface area is 241 Å². The Kier molecular flexibility index (Phi) is 16.5. The first-order chi connectivity index (χ1) is 17.9. The van der Waals surface area contributed by atoms with Crippen LogP contribution in [0.15, 0.2) is 18.2 Å². The maximum atomic E-state index is 12.5. The lowest BCUT2D eigenvalue weighted by atomic mass is 9.80. The second-order valence-electron chi connectivity index (χ2n) is 13.0. The lowest BCUT2D eigenvalue weighted by Crippen LogP contribution is -2.46. The SMILES string of the molecule is CCCCCCCC(=O)SCCC[Si](CCCC)(OCCCC)Oc1ccc(C(C)(C)C)cc1C(C)(C)C. The topological polar surface area (TPSA) is 35.5 Å². The fraction of sp³-hybridized carbons (Fsp3) is 0.788. The second kappa shape index (κ2) is 17.8. The molecular formula is C33H60O3SSi. The second-order valence-corrected chi connectivity index (χ2v) is 17.5. The molecule has 5 heteroatoms. The van der Waals surface area contributed by atoms with E-state index in [-0.39, 0.29) is 10.8 Å². The smallest absolute Gasteiger partial charge is 0.398 e. The lowest BCUT2D eigenvalue weighted by Gasteiger charge is -2.35. The van der Waals surface area contributed by atoms with Crippen molar-refractivity contribution in [1.82, 2.24) is 0 Å². The van der Waals surface area contributed by atoms with Gasteiger partial charge in [-0.05, 0) is 47.3 Å². The van der Waals surface area contributed by atoms with Gasteiger partial charge in [0.05, 0.1) is 0 Å². The van der Waals surface area contributed by atoms with Gasteiger partial charge in [-0.25, -0.2) is 0 Å². The molecule has 0 saturated carbocycles. The molecule has 220 valence electrons.